The SMILES string of the molecule is CCNC(=NCc1ccc(OC)cc1)NC(C)c1nc(C)c(C(=O)OCC)s1.I. The zero-order chi connectivity index (χ0) is 20.5. The number of aliphatic imine (C=N–C) groups is 1. The molecule has 29 heavy (non-hydrogen) atoms. The molecule has 1 atom stereocenters. The van der Waals surface area contributed by atoms with Crippen LogP contribution in [-0.4, -0.2) is 37.2 Å². The molecule has 2 rings (SSSR count). The Morgan fingerprint density at radius 3 is 2.55 bits per heavy atom. The van der Waals surface area contributed by atoms with Crippen LogP contribution < -0.4 is 15.4 Å². The number of nitrogens with zero attached hydrogens (tertiary/aromatic N) is 2. The molecule has 1 heterocycles. The van der Waals surface area contributed by atoms with E-state index in [1.54, 1.807) is 14.0 Å². The van der Waals surface area contributed by atoms with Gasteiger partial charge in [-0.05, 0) is 45.4 Å². The number of benzene rings is 1. The molecule has 2 aromatic rings. The highest BCUT2D eigenvalue weighted by atomic mass is 127. The van der Waals surface area contributed by atoms with Crippen LogP contribution in [0, 0.1) is 6.92 Å². The highest BCUT2D eigenvalue weighted by Gasteiger charge is 2.20. The summed E-state index contributed by atoms with van der Waals surface area (Å²) < 4.78 is 10.3. The third kappa shape index (κ3) is 7.46. The van der Waals surface area contributed by atoms with E-state index in [9.17, 15) is 4.79 Å². The molecular formula is C20H29IN4O3S. The number of guanidine groups is 1. The number of thiazole rings is 1. The molecule has 9 heteroatoms. The number of nitrogens with one attached hydrogen (secondary N) is 2. The Kier molecular flexibility index (Phi) is 11.0. The zero-order valence-corrected chi connectivity index (χ0v) is 20.6. The van der Waals surface area contributed by atoms with Gasteiger partial charge in [-0.15, -0.1) is 35.3 Å². The number of hydrogen-bond acceptors (Lipinski definition) is 6. The van der Waals surface area contributed by atoms with Gasteiger partial charge in [-0.1, -0.05) is 12.1 Å². The van der Waals surface area contributed by atoms with E-state index in [2.05, 4.69) is 20.6 Å². The minimum absolute atomic E-state index is 0. The average molecular weight is 532 g/mol. The van der Waals surface area contributed by atoms with Crippen LogP contribution >= 0.6 is 35.3 Å². The minimum Gasteiger partial charge on any atom is -0.497 e. The van der Waals surface area contributed by atoms with E-state index in [1.165, 1.54) is 11.3 Å². The quantitative estimate of drug-likeness (QED) is 0.231. The normalized spacial score (nSPS) is 12.0. The third-order valence-electron chi connectivity index (χ3n) is 3.92. The van der Waals surface area contributed by atoms with E-state index in [4.69, 9.17) is 9.47 Å². The minimum atomic E-state index is -0.323. The van der Waals surface area contributed by atoms with Gasteiger partial charge in [-0.3, -0.25) is 0 Å². The molecule has 0 bridgehead atoms. The largest absolute Gasteiger partial charge is 0.497 e. The van der Waals surface area contributed by atoms with Gasteiger partial charge in [-0.2, -0.15) is 0 Å². The van der Waals surface area contributed by atoms with Gasteiger partial charge in [0.25, 0.3) is 0 Å². The van der Waals surface area contributed by atoms with Crippen molar-refractivity contribution in [1.82, 2.24) is 15.6 Å². The Morgan fingerprint density at radius 1 is 1.28 bits per heavy atom. The van der Waals surface area contributed by atoms with Crippen molar-refractivity contribution in [2.24, 2.45) is 4.99 Å². The first-order valence-electron chi connectivity index (χ1n) is 9.30. The molecule has 0 aliphatic carbocycles. The molecule has 160 valence electrons. The Hall–Kier alpha value is -1.88. The number of carbonyl (C=O) groups is 1. The second kappa shape index (κ2) is 12.6. The molecule has 0 saturated heterocycles. The lowest BCUT2D eigenvalue weighted by atomic mass is 10.2. The second-order valence-corrected chi connectivity index (χ2v) is 7.13. The number of halogens is 1. The van der Waals surface area contributed by atoms with Gasteiger partial charge in [0, 0.05) is 6.54 Å². The number of carbonyl (C=O) groups excluding carboxylic acids is 1. The first kappa shape index (κ1) is 25.2. The van der Waals surface area contributed by atoms with Crippen molar-refractivity contribution in [3.05, 3.63) is 45.4 Å². The summed E-state index contributed by atoms with van der Waals surface area (Å²) in [6.45, 7) is 9.25. The maximum absolute atomic E-state index is 12.0. The summed E-state index contributed by atoms with van der Waals surface area (Å²) >= 11 is 1.35. The number of hydrogen-bond donors (Lipinski definition) is 2. The molecule has 0 amide bonds. The van der Waals surface area contributed by atoms with E-state index >= 15 is 0 Å². The summed E-state index contributed by atoms with van der Waals surface area (Å²) in [5.41, 5.74) is 1.77. The van der Waals surface area contributed by atoms with Crippen LogP contribution in [0.1, 0.15) is 52.7 Å². The highest BCUT2D eigenvalue weighted by Crippen LogP contribution is 2.24. The summed E-state index contributed by atoms with van der Waals surface area (Å²) in [6, 6.07) is 7.73. The molecule has 0 aliphatic rings. The van der Waals surface area contributed by atoms with Crippen LogP contribution in [0.2, 0.25) is 0 Å². The average Bonchev–Trinajstić information content (AvgIpc) is 3.09. The van der Waals surface area contributed by atoms with Gasteiger partial charge in [0.05, 0.1) is 32.0 Å². The van der Waals surface area contributed by atoms with E-state index in [1.807, 2.05) is 45.0 Å². The Bertz CT molecular complexity index is 809. The molecule has 0 fully saturated rings. The Labute approximate surface area is 193 Å². The van der Waals surface area contributed by atoms with Gasteiger partial charge in [0.15, 0.2) is 5.96 Å². The number of methoxy groups -OCH3 is 1. The maximum atomic E-state index is 12.0. The summed E-state index contributed by atoms with van der Waals surface area (Å²) in [7, 11) is 1.65. The summed E-state index contributed by atoms with van der Waals surface area (Å²) in [6.07, 6.45) is 0. The lowest BCUT2D eigenvalue weighted by molar-refractivity contribution is 0.0531. The summed E-state index contributed by atoms with van der Waals surface area (Å²) in [4.78, 5) is 21.7. The monoisotopic (exact) mass is 532 g/mol. The van der Waals surface area contributed by atoms with Gasteiger partial charge in [-0.25, -0.2) is 14.8 Å². The van der Waals surface area contributed by atoms with Gasteiger partial charge in [0.1, 0.15) is 15.6 Å². The smallest absolute Gasteiger partial charge is 0.350 e. The standard InChI is InChI=1S/C20H28N4O3S.HI/c1-6-21-20(22-12-15-8-10-16(26-5)11-9-15)24-14(4)18-23-13(3)17(28-18)19(25)27-7-2;/h8-11,14H,6-7,12H2,1-5H3,(H2,21,22,24);1H. The van der Waals surface area contributed by atoms with Crippen molar-refractivity contribution in [1.29, 1.82) is 0 Å². The Balaban J connectivity index is 0.00000420. The highest BCUT2D eigenvalue weighted by molar-refractivity contribution is 14.0. The lowest BCUT2D eigenvalue weighted by Crippen LogP contribution is -2.38. The lowest BCUT2D eigenvalue weighted by Gasteiger charge is -2.16. The van der Waals surface area contributed by atoms with Crippen molar-refractivity contribution in [2.75, 3.05) is 20.3 Å². The maximum Gasteiger partial charge on any atom is 0.350 e. The van der Waals surface area contributed by atoms with Crippen LogP contribution in [0.5, 0.6) is 5.75 Å². The molecular weight excluding hydrogens is 503 g/mol. The van der Waals surface area contributed by atoms with Crippen molar-refractivity contribution in [2.45, 2.75) is 40.3 Å². The predicted octanol–water partition coefficient (Wildman–Crippen LogP) is 4.07. The van der Waals surface area contributed by atoms with E-state index in [0.29, 0.717) is 29.7 Å². The summed E-state index contributed by atoms with van der Waals surface area (Å²) in [5, 5.41) is 7.40. The number of aromatic nitrogens is 1. The zero-order valence-electron chi connectivity index (χ0n) is 17.4. The first-order chi connectivity index (χ1) is 13.5. The van der Waals surface area contributed by atoms with Crippen LogP contribution in [0.25, 0.3) is 0 Å². The van der Waals surface area contributed by atoms with E-state index in [-0.39, 0.29) is 36.0 Å². The fourth-order valence-corrected chi connectivity index (χ4v) is 3.44. The molecule has 0 saturated carbocycles. The van der Waals surface area contributed by atoms with Crippen LogP contribution in [0.4, 0.5) is 0 Å². The van der Waals surface area contributed by atoms with Crippen molar-refractivity contribution in [3.8, 4) is 5.75 Å². The molecule has 1 aromatic carbocycles. The summed E-state index contributed by atoms with van der Waals surface area (Å²) in [5.74, 6) is 1.19. The Morgan fingerprint density at radius 2 is 1.97 bits per heavy atom. The molecule has 1 unspecified atom stereocenters. The molecule has 0 aliphatic heterocycles. The fourth-order valence-electron chi connectivity index (χ4n) is 2.48. The number of aryl methyl sites for hydroxylation is 1. The van der Waals surface area contributed by atoms with Gasteiger partial charge >= 0.3 is 5.97 Å². The van der Waals surface area contributed by atoms with Crippen molar-refractivity contribution < 1.29 is 14.3 Å². The molecule has 2 N–H and O–H groups in total. The predicted molar refractivity (Wildman–Crippen MR) is 128 cm³/mol. The van der Waals surface area contributed by atoms with Crippen LogP contribution in [0.15, 0.2) is 29.3 Å². The first-order valence-corrected chi connectivity index (χ1v) is 10.1. The number of ether oxygens (including phenoxy) is 2. The van der Waals surface area contributed by atoms with Crippen LogP contribution in [0.3, 0.4) is 0 Å². The number of rotatable bonds is 8. The molecule has 0 spiro atoms. The fraction of sp³-hybridized carbons (Fsp3) is 0.450. The molecule has 0 radical (unpaired) electrons. The van der Waals surface area contributed by atoms with E-state index in [0.717, 1.165) is 22.9 Å². The second-order valence-electron chi connectivity index (χ2n) is 6.10. The molecule has 7 nitrogen and oxygen atoms in total. The van der Waals surface area contributed by atoms with Crippen molar-refractivity contribution >= 4 is 47.2 Å². The van der Waals surface area contributed by atoms with Gasteiger partial charge in [0.2, 0.25) is 0 Å². The van der Waals surface area contributed by atoms with Crippen molar-refractivity contribution in [3.63, 3.8) is 0 Å². The van der Waals surface area contributed by atoms with E-state index < -0.39 is 0 Å². The number of esters is 1. The van der Waals surface area contributed by atoms with Gasteiger partial charge < -0.3 is 20.1 Å². The van der Waals surface area contributed by atoms with Crippen LogP contribution in [-0.2, 0) is 11.3 Å². The third-order valence-corrected chi connectivity index (χ3v) is 5.24. The topological polar surface area (TPSA) is 84.8 Å². The molecule has 1 aromatic heterocycles.